The standard InChI is InChI=1S/C18H20N2O2/c21-18(12-16-7-4-8-19-13-16)20-9-10-22-17(14-20)11-15-5-2-1-3-6-15/h1-8,13,17H,9-12,14H2/t17-/m0/s1. The molecule has 0 spiro atoms. The van der Waals surface area contributed by atoms with E-state index < -0.39 is 0 Å². The lowest BCUT2D eigenvalue weighted by Crippen LogP contribution is -2.46. The zero-order valence-electron chi connectivity index (χ0n) is 12.5. The normalized spacial score (nSPS) is 18.2. The minimum Gasteiger partial charge on any atom is -0.374 e. The molecule has 114 valence electrons. The first-order chi connectivity index (χ1) is 10.8. The molecule has 1 aromatic carbocycles. The maximum absolute atomic E-state index is 12.4. The molecule has 1 atom stereocenters. The Morgan fingerprint density at radius 1 is 1.18 bits per heavy atom. The molecular formula is C18H20N2O2. The van der Waals surface area contributed by atoms with E-state index in [-0.39, 0.29) is 12.0 Å². The van der Waals surface area contributed by atoms with Gasteiger partial charge in [-0.25, -0.2) is 0 Å². The number of carbonyl (C=O) groups is 1. The molecule has 0 saturated carbocycles. The van der Waals surface area contributed by atoms with Crippen LogP contribution in [-0.2, 0) is 22.4 Å². The van der Waals surface area contributed by atoms with Gasteiger partial charge in [-0.3, -0.25) is 9.78 Å². The summed E-state index contributed by atoms with van der Waals surface area (Å²) in [7, 11) is 0. The molecule has 0 aliphatic carbocycles. The van der Waals surface area contributed by atoms with Gasteiger partial charge in [0.25, 0.3) is 0 Å². The van der Waals surface area contributed by atoms with Crippen molar-refractivity contribution in [1.29, 1.82) is 0 Å². The molecule has 0 bridgehead atoms. The summed E-state index contributed by atoms with van der Waals surface area (Å²) in [6.45, 7) is 1.94. The van der Waals surface area contributed by atoms with Gasteiger partial charge in [0.1, 0.15) is 0 Å². The smallest absolute Gasteiger partial charge is 0.227 e. The van der Waals surface area contributed by atoms with Gasteiger partial charge in [-0.2, -0.15) is 0 Å². The highest BCUT2D eigenvalue weighted by Crippen LogP contribution is 2.13. The Morgan fingerprint density at radius 2 is 2.00 bits per heavy atom. The Hall–Kier alpha value is -2.20. The fraction of sp³-hybridized carbons (Fsp3) is 0.333. The van der Waals surface area contributed by atoms with Crippen LogP contribution in [0, 0.1) is 0 Å². The third-order valence-electron chi connectivity index (χ3n) is 3.88. The summed E-state index contributed by atoms with van der Waals surface area (Å²) in [6, 6.07) is 14.1. The number of amides is 1. The molecule has 0 N–H and O–H groups in total. The van der Waals surface area contributed by atoms with Crippen LogP contribution in [0.4, 0.5) is 0 Å². The fourth-order valence-corrected chi connectivity index (χ4v) is 2.74. The van der Waals surface area contributed by atoms with Crippen molar-refractivity contribution in [2.24, 2.45) is 0 Å². The Labute approximate surface area is 130 Å². The minimum absolute atomic E-state index is 0.0778. The van der Waals surface area contributed by atoms with Gasteiger partial charge in [-0.15, -0.1) is 0 Å². The number of rotatable bonds is 4. The van der Waals surface area contributed by atoms with Crippen LogP contribution < -0.4 is 0 Å². The van der Waals surface area contributed by atoms with Crippen molar-refractivity contribution in [2.45, 2.75) is 18.9 Å². The van der Waals surface area contributed by atoms with Crippen molar-refractivity contribution in [2.75, 3.05) is 19.7 Å². The molecule has 1 aliphatic heterocycles. The molecule has 2 aromatic rings. The van der Waals surface area contributed by atoms with Gasteiger partial charge in [-0.05, 0) is 17.2 Å². The lowest BCUT2D eigenvalue weighted by molar-refractivity contribution is -0.138. The summed E-state index contributed by atoms with van der Waals surface area (Å²) in [5.74, 6) is 0.148. The molecule has 1 fully saturated rings. The molecule has 1 aromatic heterocycles. The van der Waals surface area contributed by atoms with Crippen molar-refractivity contribution in [3.8, 4) is 0 Å². The van der Waals surface area contributed by atoms with E-state index >= 15 is 0 Å². The van der Waals surface area contributed by atoms with Crippen LogP contribution >= 0.6 is 0 Å². The average molecular weight is 296 g/mol. The summed E-state index contributed by atoms with van der Waals surface area (Å²) in [6.07, 6.45) is 4.80. The van der Waals surface area contributed by atoms with E-state index in [1.807, 2.05) is 35.2 Å². The van der Waals surface area contributed by atoms with Gasteiger partial charge in [0.15, 0.2) is 0 Å². The second-order valence-electron chi connectivity index (χ2n) is 5.56. The minimum atomic E-state index is 0.0778. The highest BCUT2D eigenvalue weighted by Gasteiger charge is 2.24. The summed E-state index contributed by atoms with van der Waals surface area (Å²) in [4.78, 5) is 18.4. The fourth-order valence-electron chi connectivity index (χ4n) is 2.74. The third-order valence-corrected chi connectivity index (χ3v) is 3.88. The Bertz CT molecular complexity index is 601. The monoisotopic (exact) mass is 296 g/mol. The topological polar surface area (TPSA) is 42.4 Å². The van der Waals surface area contributed by atoms with E-state index in [9.17, 15) is 4.79 Å². The first-order valence-corrected chi connectivity index (χ1v) is 7.63. The van der Waals surface area contributed by atoms with Crippen molar-refractivity contribution >= 4 is 5.91 Å². The summed E-state index contributed by atoms with van der Waals surface area (Å²) >= 11 is 0. The van der Waals surface area contributed by atoms with E-state index in [1.165, 1.54) is 5.56 Å². The summed E-state index contributed by atoms with van der Waals surface area (Å²) < 4.78 is 5.81. The maximum atomic E-state index is 12.4. The van der Waals surface area contributed by atoms with Gasteiger partial charge in [0.05, 0.1) is 19.1 Å². The Kier molecular flexibility index (Phi) is 4.81. The lowest BCUT2D eigenvalue weighted by Gasteiger charge is -2.33. The molecule has 1 amide bonds. The third kappa shape index (κ3) is 3.92. The molecule has 4 nitrogen and oxygen atoms in total. The molecular weight excluding hydrogens is 276 g/mol. The van der Waals surface area contributed by atoms with E-state index in [0.29, 0.717) is 26.1 Å². The van der Waals surface area contributed by atoms with Crippen LogP contribution in [0.5, 0.6) is 0 Å². The molecule has 0 radical (unpaired) electrons. The second kappa shape index (κ2) is 7.18. The number of hydrogen-bond donors (Lipinski definition) is 0. The average Bonchev–Trinajstić information content (AvgIpc) is 2.57. The van der Waals surface area contributed by atoms with Gasteiger partial charge in [0.2, 0.25) is 5.91 Å². The molecule has 2 heterocycles. The first kappa shape index (κ1) is 14.7. The van der Waals surface area contributed by atoms with Crippen LogP contribution in [0.15, 0.2) is 54.9 Å². The predicted molar refractivity (Wildman–Crippen MR) is 84.4 cm³/mol. The van der Waals surface area contributed by atoms with Gasteiger partial charge in [0, 0.05) is 31.9 Å². The molecule has 1 aliphatic rings. The lowest BCUT2D eigenvalue weighted by atomic mass is 10.1. The highest BCUT2D eigenvalue weighted by atomic mass is 16.5. The summed E-state index contributed by atoms with van der Waals surface area (Å²) in [5, 5.41) is 0. The zero-order valence-corrected chi connectivity index (χ0v) is 12.5. The van der Waals surface area contributed by atoms with Crippen molar-refractivity contribution in [3.63, 3.8) is 0 Å². The van der Waals surface area contributed by atoms with Crippen LogP contribution in [0.1, 0.15) is 11.1 Å². The van der Waals surface area contributed by atoms with E-state index in [2.05, 4.69) is 17.1 Å². The highest BCUT2D eigenvalue weighted by molar-refractivity contribution is 5.78. The van der Waals surface area contributed by atoms with E-state index in [1.54, 1.807) is 12.4 Å². The number of hydrogen-bond acceptors (Lipinski definition) is 3. The Morgan fingerprint density at radius 3 is 2.77 bits per heavy atom. The Balaban J connectivity index is 1.57. The molecule has 0 unspecified atom stereocenters. The number of carbonyl (C=O) groups excluding carboxylic acids is 1. The number of aromatic nitrogens is 1. The van der Waals surface area contributed by atoms with Crippen LogP contribution in [0.25, 0.3) is 0 Å². The largest absolute Gasteiger partial charge is 0.374 e. The van der Waals surface area contributed by atoms with Crippen molar-refractivity contribution in [3.05, 3.63) is 66.0 Å². The van der Waals surface area contributed by atoms with E-state index in [0.717, 1.165) is 12.0 Å². The number of benzene rings is 1. The van der Waals surface area contributed by atoms with Crippen LogP contribution in [0.2, 0.25) is 0 Å². The molecule has 22 heavy (non-hydrogen) atoms. The van der Waals surface area contributed by atoms with Gasteiger partial charge < -0.3 is 9.64 Å². The molecule has 1 saturated heterocycles. The number of morpholine rings is 1. The quantitative estimate of drug-likeness (QED) is 0.867. The molecule has 3 rings (SSSR count). The van der Waals surface area contributed by atoms with Crippen molar-refractivity contribution < 1.29 is 9.53 Å². The first-order valence-electron chi connectivity index (χ1n) is 7.63. The van der Waals surface area contributed by atoms with Gasteiger partial charge in [-0.1, -0.05) is 36.4 Å². The van der Waals surface area contributed by atoms with Gasteiger partial charge >= 0.3 is 0 Å². The number of nitrogens with zero attached hydrogens (tertiary/aromatic N) is 2. The second-order valence-corrected chi connectivity index (χ2v) is 5.56. The van der Waals surface area contributed by atoms with Crippen LogP contribution in [0.3, 0.4) is 0 Å². The summed E-state index contributed by atoms with van der Waals surface area (Å²) in [5.41, 5.74) is 2.20. The van der Waals surface area contributed by atoms with E-state index in [4.69, 9.17) is 4.74 Å². The van der Waals surface area contributed by atoms with Crippen molar-refractivity contribution in [1.82, 2.24) is 9.88 Å². The maximum Gasteiger partial charge on any atom is 0.227 e. The number of pyridine rings is 1. The molecule has 4 heteroatoms. The number of ether oxygens (including phenoxy) is 1. The van der Waals surface area contributed by atoms with Crippen LogP contribution in [-0.4, -0.2) is 41.6 Å². The zero-order chi connectivity index (χ0) is 15.2. The predicted octanol–water partition coefficient (Wildman–Crippen LogP) is 2.09. The SMILES string of the molecule is O=C(Cc1cccnc1)N1CCO[C@@H](Cc2ccccc2)C1.